The summed E-state index contributed by atoms with van der Waals surface area (Å²) in [5.41, 5.74) is 0. The molecule has 0 aromatic heterocycles. The van der Waals surface area contributed by atoms with Crippen LogP contribution >= 0.6 is 0 Å². The van der Waals surface area contributed by atoms with Gasteiger partial charge in [-0.15, -0.1) is 0 Å². The lowest BCUT2D eigenvalue weighted by Crippen LogP contribution is -2.02. The summed E-state index contributed by atoms with van der Waals surface area (Å²) in [6.07, 6.45) is 24.0. The second-order valence-electron chi connectivity index (χ2n) is 7.77. The molecule has 133 valence electrons. The topological polar surface area (TPSA) is 0 Å². The Kier molecular flexibility index (Phi) is 17.4. The zero-order chi connectivity index (χ0) is 16.5. The molecule has 0 aromatic rings. The molecule has 0 fully saturated rings. The van der Waals surface area contributed by atoms with E-state index in [1.807, 2.05) is 0 Å². The lowest BCUT2D eigenvalue weighted by atomic mass is 9.89. The third-order valence-corrected chi connectivity index (χ3v) is 4.88. The Morgan fingerprint density at radius 2 is 1.14 bits per heavy atom. The third kappa shape index (κ3) is 16.4. The summed E-state index contributed by atoms with van der Waals surface area (Å²) < 4.78 is 0. The average Bonchev–Trinajstić information content (AvgIpc) is 2.50. The van der Waals surface area contributed by atoms with Crippen molar-refractivity contribution in [3.63, 3.8) is 0 Å². The summed E-state index contributed by atoms with van der Waals surface area (Å²) in [7, 11) is 0. The van der Waals surface area contributed by atoms with Gasteiger partial charge in [0.2, 0.25) is 0 Å². The van der Waals surface area contributed by atoms with Crippen LogP contribution in [0, 0.1) is 18.3 Å². The van der Waals surface area contributed by atoms with Crippen molar-refractivity contribution in [3.8, 4) is 0 Å². The van der Waals surface area contributed by atoms with Crippen LogP contribution in [0.4, 0.5) is 0 Å². The highest BCUT2D eigenvalue weighted by molar-refractivity contribution is 4.72. The van der Waals surface area contributed by atoms with E-state index in [0.29, 0.717) is 0 Å². The van der Waals surface area contributed by atoms with Crippen LogP contribution in [0.5, 0.6) is 0 Å². The molecule has 0 saturated carbocycles. The molecule has 0 aliphatic heterocycles. The van der Waals surface area contributed by atoms with Gasteiger partial charge in [0.15, 0.2) is 0 Å². The predicted octanol–water partition coefficient (Wildman–Crippen LogP) is 8.35. The molecule has 0 aliphatic carbocycles. The molecule has 0 N–H and O–H groups in total. The number of hydrogen-bond donors (Lipinski definition) is 0. The van der Waals surface area contributed by atoms with E-state index >= 15 is 0 Å². The fourth-order valence-corrected chi connectivity index (χ4v) is 3.26. The van der Waals surface area contributed by atoms with Gasteiger partial charge >= 0.3 is 0 Å². The second kappa shape index (κ2) is 17.4. The molecule has 0 heterocycles. The Morgan fingerprint density at radius 3 is 1.68 bits per heavy atom. The van der Waals surface area contributed by atoms with Gasteiger partial charge in [-0.3, -0.25) is 0 Å². The molecule has 0 heteroatoms. The standard InChI is InChI=1S/C22H45/c1-5-7-9-11-12-14-19-22(18-13-10-8-6-2)20-16-15-17-21(3)4/h16,21-22H,5-15,17-20H2,1-4H3. The molecule has 1 unspecified atom stereocenters. The Hall–Kier alpha value is 0. The minimum Gasteiger partial charge on any atom is -0.0654 e. The highest BCUT2D eigenvalue weighted by Gasteiger charge is 2.09. The van der Waals surface area contributed by atoms with Crippen molar-refractivity contribution in [1.82, 2.24) is 0 Å². The first-order valence-corrected chi connectivity index (χ1v) is 10.5. The van der Waals surface area contributed by atoms with E-state index < -0.39 is 0 Å². The maximum absolute atomic E-state index is 2.60. The Morgan fingerprint density at radius 1 is 0.636 bits per heavy atom. The van der Waals surface area contributed by atoms with Gasteiger partial charge in [-0.1, -0.05) is 111 Å². The van der Waals surface area contributed by atoms with Crippen LogP contribution in [0.2, 0.25) is 0 Å². The minimum atomic E-state index is 0.859. The highest BCUT2D eigenvalue weighted by Crippen LogP contribution is 2.24. The van der Waals surface area contributed by atoms with Crippen molar-refractivity contribution >= 4 is 0 Å². The molecule has 0 spiro atoms. The zero-order valence-corrected chi connectivity index (χ0v) is 16.3. The first-order chi connectivity index (χ1) is 10.7. The maximum atomic E-state index is 2.60. The van der Waals surface area contributed by atoms with E-state index in [9.17, 15) is 0 Å². The van der Waals surface area contributed by atoms with Crippen LogP contribution in [0.25, 0.3) is 0 Å². The summed E-state index contributed by atoms with van der Waals surface area (Å²) in [5.74, 6) is 1.84. The van der Waals surface area contributed by atoms with Gasteiger partial charge in [0, 0.05) is 0 Å². The number of unbranched alkanes of at least 4 members (excludes halogenated alkanes) is 9. The van der Waals surface area contributed by atoms with Gasteiger partial charge in [0.05, 0.1) is 0 Å². The maximum Gasteiger partial charge on any atom is -0.0383 e. The van der Waals surface area contributed by atoms with E-state index in [0.717, 1.165) is 11.8 Å². The van der Waals surface area contributed by atoms with Gasteiger partial charge in [-0.05, 0) is 31.1 Å². The number of rotatable bonds is 17. The van der Waals surface area contributed by atoms with Crippen LogP contribution in [0.3, 0.4) is 0 Å². The highest BCUT2D eigenvalue weighted by atomic mass is 14.1. The Labute approximate surface area is 142 Å². The van der Waals surface area contributed by atoms with Gasteiger partial charge < -0.3 is 0 Å². The molecule has 0 rings (SSSR count). The fraction of sp³-hybridized carbons (Fsp3) is 0.955. The van der Waals surface area contributed by atoms with E-state index in [2.05, 4.69) is 34.1 Å². The van der Waals surface area contributed by atoms with Gasteiger partial charge in [-0.2, -0.15) is 0 Å². The molecule has 0 bridgehead atoms. The lowest BCUT2D eigenvalue weighted by molar-refractivity contribution is 0.393. The molecule has 1 atom stereocenters. The van der Waals surface area contributed by atoms with Gasteiger partial charge in [-0.25, -0.2) is 0 Å². The van der Waals surface area contributed by atoms with Crippen LogP contribution in [0.15, 0.2) is 0 Å². The van der Waals surface area contributed by atoms with Crippen molar-refractivity contribution in [2.75, 3.05) is 0 Å². The summed E-state index contributed by atoms with van der Waals surface area (Å²) in [5, 5.41) is 0. The van der Waals surface area contributed by atoms with E-state index in [1.165, 1.54) is 96.3 Å². The fourth-order valence-electron chi connectivity index (χ4n) is 3.26. The second-order valence-corrected chi connectivity index (χ2v) is 7.77. The van der Waals surface area contributed by atoms with E-state index in [1.54, 1.807) is 0 Å². The molecule has 0 aliphatic rings. The molecule has 1 radical (unpaired) electrons. The molecule has 0 amide bonds. The first kappa shape index (κ1) is 22.0. The summed E-state index contributed by atoms with van der Waals surface area (Å²) >= 11 is 0. The quantitative estimate of drug-likeness (QED) is 0.237. The molecule has 22 heavy (non-hydrogen) atoms. The number of hydrogen-bond acceptors (Lipinski definition) is 0. The van der Waals surface area contributed by atoms with Crippen LogP contribution in [-0.4, -0.2) is 0 Å². The zero-order valence-electron chi connectivity index (χ0n) is 16.3. The molecule has 0 saturated heterocycles. The van der Waals surface area contributed by atoms with Crippen molar-refractivity contribution < 1.29 is 0 Å². The summed E-state index contributed by atoms with van der Waals surface area (Å²) in [6, 6.07) is 0. The van der Waals surface area contributed by atoms with Crippen LogP contribution in [0.1, 0.15) is 124 Å². The normalized spacial score (nSPS) is 13.0. The Balaban J connectivity index is 3.74. The largest absolute Gasteiger partial charge is 0.0654 e. The summed E-state index contributed by atoms with van der Waals surface area (Å²) in [6.45, 7) is 9.30. The minimum absolute atomic E-state index is 0.859. The van der Waals surface area contributed by atoms with E-state index in [-0.39, 0.29) is 0 Å². The first-order valence-electron chi connectivity index (χ1n) is 10.5. The monoisotopic (exact) mass is 309 g/mol. The van der Waals surface area contributed by atoms with Gasteiger partial charge in [0.25, 0.3) is 0 Å². The van der Waals surface area contributed by atoms with Crippen molar-refractivity contribution in [1.29, 1.82) is 0 Å². The third-order valence-electron chi connectivity index (χ3n) is 4.88. The predicted molar refractivity (Wildman–Crippen MR) is 103 cm³/mol. The lowest BCUT2D eigenvalue weighted by Gasteiger charge is -2.17. The SMILES string of the molecule is CCCCCCCCC(C[CH]CCC(C)C)CCCCCC. The molecular weight excluding hydrogens is 264 g/mol. The molecule has 0 nitrogen and oxygen atoms in total. The Bertz CT molecular complexity index is 194. The van der Waals surface area contributed by atoms with Gasteiger partial charge in [0.1, 0.15) is 0 Å². The van der Waals surface area contributed by atoms with Crippen LogP contribution in [-0.2, 0) is 0 Å². The smallest absolute Gasteiger partial charge is 0.0383 e. The molecular formula is C22H45. The molecule has 0 aromatic carbocycles. The van der Waals surface area contributed by atoms with Crippen LogP contribution < -0.4 is 0 Å². The summed E-state index contributed by atoms with van der Waals surface area (Å²) in [4.78, 5) is 0. The van der Waals surface area contributed by atoms with Crippen molar-refractivity contribution in [2.45, 2.75) is 124 Å². The van der Waals surface area contributed by atoms with Crippen molar-refractivity contribution in [2.24, 2.45) is 11.8 Å². The average molecular weight is 310 g/mol. The van der Waals surface area contributed by atoms with E-state index in [4.69, 9.17) is 0 Å². The van der Waals surface area contributed by atoms with Crippen molar-refractivity contribution in [3.05, 3.63) is 6.42 Å².